The Hall–Kier alpha value is -0.760. The highest BCUT2D eigenvalue weighted by molar-refractivity contribution is 7.45. The number of allylic oxidation sites excluding steroid dienone is 2. The second-order valence-electron chi connectivity index (χ2n) is 25.6. The van der Waals surface area contributed by atoms with Crippen LogP contribution in [0.25, 0.3) is 0 Å². The number of hydrogen-bond donors (Lipinski definition) is 2. The number of aliphatic hydroxyl groups is 1. The van der Waals surface area contributed by atoms with Crippen LogP contribution in [0.5, 0.6) is 0 Å². The Bertz CT molecular complexity index is 1280. The lowest BCUT2D eigenvalue weighted by Crippen LogP contribution is -2.46. The summed E-state index contributed by atoms with van der Waals surface area (Å²) in [7, 11) is 1.33. The highest BCUT2D eigenvalue weighted by Crippen LogP contribution is 2.38. The van der Waals surface area contributed by atoms with Gasteiger partial charge >= 0.3 is 0 Å². The predicted molar refractivity (Wildman–Crippen MR) is 339 cm³/mol. The van der Waals surface area contributed by atoms with Gasteiger partial charge in [-0.15, -0.1) is 0 Å². The van der Waals surface area contributed by atoms with Crippen molar-refractivity contribution in [3.05, 3.63) is 12.2 Å². The molecule has 0 aliphatic carbocycles. The highest BCUT2D eigenvalue weighted by atomic mass is 31.2. The van der Waals surface area contributed by atoms with Gasteiger partial charge in [-0.1, -0.05) is 341 Å². The zero-order chi connectivity index (χ0) is 57.0. The van der Waals surface area contributed by atoms with Crippen LogP contribution in [0.4, 0.5) is 0 Å². The highest BCUT2D eigenvalue weighted by Gasteiger charge is 2.24. The molecule has 0 aromatic carbocycles. The van der Waals surface area contributed by atoms with Crippen molar-refractivity contribution in [3.63, 3.8) is 0 Å². The molecule has 2 N–H and O–H groups in total. The summed E-state index contributed by atoms with van der Waals surface area (Å²) >= 11 is 0. The molecule has 0 saturated carbocycles. The molecule has 0 saturated heterocycles. The van der Waals surface area contributed by atoms with E-state index >= 15 is 0 Å². The van der Waals surface area contributed by atoms with Gasteiger partial charge < -0.3 is 28.8 Å². The number of nitrogens with one attached hydrogen (secondary N) is 1. The van der Waals surface area contributed by atoms with Crippen LogP contribution in [-0.2, 0) is 18.4 Å². The number of likely N-dealkylation sites (N-methyl/N-ethyl adjacent to an activating group) is 1. The summed E-state index contributed by atoms with van der Waals surface area (Å²) in [5.41, 5.74) is 0. The van der Waals surface area contributed by atoms with E-state index in [9.17, 15) is 19.4 Å². The van der Waals surface area contributed by atoms with E-state index in [1.807, 2.05) is 21.1 Å². The maximum absolute atomic E-state index is 13.1. The van der Waals surface area contributed by atoms with Crippen molar-refractivity contribution >= 4 is 13.7 Å². The monoisotopic (exact) mass is 1120 g/mol. The van der Waals surface area contributed by atoms with E-state index < -0.39 is 20.0 Å². The molecule has 78 heavy (non-hydrogen) atoms. The first kappa shape index (κ1) is 77.2. The van der Waals surface area contributed by atoms with Crippen LogP contribution < -0.4 is 10.2 Å². The maximum atomic E-state index is 13.1. The molecule has 0 aliphatic heterocycles. The van der Waals surface area contributed by atoms with Crippen LogP contribution in [0.3, 0.4) is 0 Å². The molecule has 0 rings (SSSR count). The van der Waals surface area contributed by atoms with Crippen molar-refractivity contribution in [1.82, 2.24) is 5.32 Å². The van der Waals surface area contributed by atoms with Crippen molar-refractivity contribution < 1.29 is 32.9 Å². The molecule has 8 nitrogen and oxygen atoms in total. The molecule has 1 amide bonds. The van der Waals surface area contributed by atoms with Gasteiger partial charge in [0.05, 0.1) is 39.9 Å². The first-order valence-corrected chi connectivity index (χ1v) is 36.5. The standard InChI is InChI=1S/C69H139N2O6P/c1-6-8-10-12-14-16-18-20-22-24-26-28-30-32-33-34-35-36-37-38-39-41-43-45-47-49-51-53-55-57-59-61-63-69(73)70-67(66-77-78(74,75)76-65-64-71(3,4)5)68(72)62-60-58-56-54-52-50-48-46-44-42-40-31-29-27-25-23-21-19-17-15-13-11-9-7-2/h32-33,67-68,72H,6-31,34-66H2,1-5H3,(H-,70,73,74,75)/b33-32-. The smallest absolute Gasteiger partial charge is 0.268 e. The van der Waals surface area contributed by atoms with Gasteiger partial charge in [0, 0.05) is 6.42 Å². The molecule has 0 aromatic heterocycles. The van der Waals surface area contributed by atoms with Crippen molar-refractivity contribution in [3.8, 4) is 0 Å². The van der Waals surface area contributed by atoms with Crippen LogP contribution in [0.15, 0.2) is 12.2 Å². The lowest BCUT2D eigenvalue weighted by atomic mass is 10.0. The number of aliphatic hydroxyl groups excluding tert-OH is 1. The number of carbonyl (C=O) groups excluding carboxylic acids is 1. The molecule has 466 valence electrons. The minimum absolute atomic E-state index is 0.0156. The van der Waals surface area contributed by atoms with E-state index in [1.54, 1.807) is 0 Å². The summed E-state index contributed by atoms with van der Waals surface area (Å²) in [5.74, 6) is -0.156. The van der Waals surface area contributed by atoms with Gasteiger partial charge in [0.25, 0.3) is 7.82 Å². The van der Waals surface area contributed by atoms with Crippen molar-refractivity contribution in [2.45, 2.75) is 386 Å². The topological polar surface area (TPSA) is 108 Å². The molecule has 0 bridgehead atoms. The quantitative estimate of drug-likeness (QED) is 0.0272. The van der Waals surface area contributed by atoms with Gasteiger partial charge in [0.1, 0.15) is 13.2 Å². The Morgan fingerprint density at radius 2 is 0.705 bits per heavy atom. The first-order valence-electron chi connectivity index (χ1n) is 35.0. The molecule has 9 heteroatoms. The van der Waals surface area contributed by atoms with E-state index in [0.717, 1.165) is 38.5 Å². The third-order valence-electron chi connectivity index (χ3n) is 16.5. The molecule has 0 heterocycles. The van der Waals surface area contributed by atoms with E-state index in [-0.39, 0.29) is 19.1 Å². The number of phosphoric acid groups is 1. The number of carbonyl (C=O) groups is 1. The fourth-order valence-electron chi connectivity index (χ4n) is 11.0. The van der Waals surface area contributed by atoms with Crippen LogP contribution in [0, 0.1) is 0 Å². The molecular weight excluding hydrogens is 984 g/mol. The molecule has 0 aromatic rings. The zero-order valence-electron chi connectivity index (χ0n) is 53.4. The Morgan fingerprint density at radius 1 is 0.436 bits per heavy atom. The minimum Gasteiger partial charge on any atom is -0.756 e. The molecule has 0 fully saturated rings. The Labute approximate surface area is 488 Å². The summed E-state index contributed by atoms with van der Waals surface area (Å²) in [4.78, 5) is 25.7. The number of hydrogen-bond acceptors (Lipinski definition) is 6. The fourth-order valence-corrected chi connectivity index (χ4v) is 11.8. The van der Waals surface area contributed by atoms with Gasteiger partial charge in [0.15, 0.2) is 0 Å². The Balaban J connectivity index is 3.99. The largest absolute Gasteiger partial charge is 0.756 e. The SMILES string of the molecule is CCCCCCCCCCCCCC/C=C\CCCCCCCCCCCCCCCCCCC(=O)NC(COP(=O)([O-])OCC[N+](C)(C)C)C(O)CCCCCCCCCCCCCCCCCCCCCCCCCC. The summed E-state index contributed by atoms with van der Waals surface area (Å²) in [5, 5.41) is 14.1. The van der Waals surface area contributed by atoms with Gasteiger partial charge in [-0.25, -0.2) is 0 Å². The average Bonchev–Trinajstić information content (AvgIpc) is 3.41. The van der Waals surface area contributed by atoms with E-state index in [2.05, 4.69) is 31.3 Å². The second kappa shape index (κ2) is 60.8. The van der Waals surface area contributed by atoms with Crippen molar-refractivity contribution in [2.75, 3.05) is 40.9 Å². The minimum atomic E-state index is -4.58. The van der Waals surface area contributed by atoms with Crippen LogP contribution >= 0.6 is 7.82 Å². The summed E-state index contributed by atoms with van der Waals surface area (Å²) in [6.07, 6.45) is 77.2. The van der Waals surface area contributed by atoms with Gasteiger partial charge in [0.2, 0.25) is 5.91 Å². The molecule has 3 atom stereocenters. The first-order chi connectivity index (χ1) is 38.0. The number of quaternary nitrogens is 1. The number of nitrogens with zero attached hydrogens (tertiary/aromatic N) is 1. The molecule has 3 unspecified atom stereocenters. The lowest BCUT2D eigenvalue weighted by molar-refractivity contribution is -0.870. The third-order valence-corrected chi connectivity index (χ3v) is 17.5. The average molecular weight is 1120 g/mol. The third kappa shape index (κ3) is 62.8. The van der Waals surface area contributed by atoms with Gasteiger partial charge in [-0.2, -0.15) is 0 Å². The van der Waals surface area contributed by atoms with Gasteiger partial charge in [-0.05, 0) is 38.5 Å². The van der Waals surface area contributed by atoms with Crippen molar-refractivity contribution in [1.29, 1.82) is 0 Å². The number of rotatable bonds is 66. The van der Waals surface area contributed by atoms with E-state index in [4.69, 9.17) is 9.05 Å². The lowest BCUT2D eigenvalue weighted by Gasteiger charge is -2.30. The summed E-state index contributed by atoms with van der Waals surface area (Å²) in [6, 6.07) is -0.799. The van der Waals surface area contributed by atoms with Gasteiger partial charge in [-0.3, -0.25) is 9.36 Å². The maximum Gasteiger partial charge on any atom is 0.268 e. The Kier molecular flexibility index (Phi) is 60.2. The van der Waals surface area contributed by atoms with E-state index in [0.29, 0.717) is 23.9 Å². The normalized spacial score (nSPS) is 13.7. The molecule has 0 spiro atoms. The van der Waals surface area contributed by atoms with Crippen LogP contribution in [0.2, 0.25) is 0 Å². The van der Waals surface area contributed by atoms with Crippen LogP contribution in [-0.4, -0.2) is 68.5 Å². The fraction of sp³-hybridized carbons (Fsp3) is 0.957. The number of amides is 1. The second-order valence-corrected chi connectivity index (χ2v) is 27.0. The molecular formula is C69H139N2O6P. The number of phosphoric ester groups is 1. The molecule has 0 radical (unpaired) electrons. The van der Waals surface area contributed by atoms with Crippen molar-refractivity contribution in [2.24, 2.45) is 0 Å². The predicted octanol–water partition coefficient (Wildman–Crippen LogP) is 21.5. The Morgan fingerprint density at radius 3 is 1.00 bits per heavy atom. The van der Waals surface area contributed by atoms with E-state index in [1.165, 1.54) is 308 Å². The van der Waals surface area contributed by atoms with Crippen LogP contribution in [0.1, 0.15) is 373 Å². The summed E-state index contributed by atoms with van der Waals surface area (Å²) in [6.45, 7) is 4.79. The summed E-state index contributed by atoms with van der Waals surface area (Å²) < 4.78 is 23.5. The number of unbranched alkanes of at least 4 members (excludes halogenated alkanes) is 51. The molecule has 0 aliphatic rings. The zero-order valence-corrected chi connectivity index (χ0v) is 54.3.